The van der Waals surface area contributed by atoms with Crippen molar-refractivity contribution >= 4 is 59.1 Å². The number of hydroxylamine groups is 1. The molecule has 0 rings (SSSR count). The van der Waals surface area contributed by atoms with Crippen molar-refractivity contribution in [3.63, 3.8) is 0 Å². The topological polar surface area (TPSA) is 58.3 Å². The average molecular weight is 124 g/mol. The van der Waals surface area contributed by atoms with Crippen LogP contribution in [0.15, 0.2) is 0 Å². The Morgan fingerprint density at radius 3 is 1.86 bits per heavy atom. The van der Waals surface area contributed by atoms with Gasteiger partial charge in [-0.15, -0.1) is 0 Å². The van der Waals surface area contributed by atoms with Crippen LogP contribution in [0.2, 0.25) is 0 Å². The molecule has 0 heterocycles. The van der Waals surface area contributed by atoms with E-state index in [4.69, 9.17) is 10.9 Å². The standard InChI is InChI=1S/C2H8N2O.2Na.2H/c3-1-2-4-5;;;;/h4-5H,1-3H2;;;;. The van der Waals surface area contributed by atoms with E-state index in [1.165, 1.54) is 0 Å². The molecule has 0 unspecified atom stereocenters. The van der Waals surface area contributed by atoms with Crippen LogP contribution in [0.1, 0.15) is 0 Å². The first-order valence-corrected chi connectivity index (χ1v) is 1.49. The maximum absolute atomic E-state index is 7.74. The van der Waals surface area contributed by atoms with Crippen LogP contribution in [0.5, 0.6) is 0 Å². The van der Waals surface area contributed by atoms with Crippen LogP contribution < -0.4 is 11.2 Å². The fraction of sp³-hybridized carbons (Fsp3) is 1.00. The molecule has 0 saturated heterocycles. The molecular formula is C2H10N2Na2O. The summed E-state index contributed by atoms with van der Waals surface area (Å²) in [6.45, 7) is 0.955. The summed E-state index contributed by atoms with van der Waals surface area (Å²) in [5.74, 6) is 0. The quantitative estimate of drug-likeness (QED) is 0.285. The summed E-state index contributed by atoms with van der Waals surface area (Å²) in [5.41, 5.74) is 6.81. The predicted octanol–water partition coefficient (Wildman–Crippen LogP) is -2.37. The number of hydrogen-bond acceptors (Lipinski definition) is 3. The molecule has 0 fully saturated rings. The van der Waals surface area contributed by atoms with E-state index in [0.717, 1.165) is 0 Å². The Hall–Kier alpha value is 1.88. The van der Waals surface area contributed by atoms with E-state index in [2.05, 4.69) is 0 Å². The average Bonchev–Trinajstić information content (AvgIpc) is 1.41. The summed E-state index contributed by atoms with van der Waals surface area (Å²) in [6.07, 6.45) is 0. The Labute approximate surface area is 87.6 Å². The van der Waals surface area contributed by atoms with Gasteiger partial charge < -0.3 is 10.9 Å². The Balaban J connectivity index is -0.0000000800. The van der Waals surface area contributed by atoms with Crippen molar-refractivity contribution < 1.29 is 5.21 Å². The van der Waals surface area contributed by atoms with Crippen LogP contribution >= 0.6 is 0 Å². The van der Waals surface area contributed by atoms with E-state index in [9.17, 15) is 0 Å². The molecule has 0 aliphatic carbocycles. The predicted molar refractivity (Wildman–Crippen MR) is 33.1 cm³/mol. The molecule has 0 radical (unpaired) electrons. The van der Waals surface area contributed by atoms with Gasteiger partial charge >= 0.3 is 59.1 Å². The first-order valence-electron chi connectivity index (χ1n) is 1.49. The second kappa shape index (κ2) is 15.7. The Morgan fingerprint density at radius 2 is 1.86 bits per heavy atom. The van der Waals surface area contributed by atoms with Crippen LogP contribution in [-0.4, -0.2) is 77.4 Å². The van der Waals surface area contributed by atoms with E-state index in [0.29, 0.717) is 13.1 Å². The number of hydrogen-bond donors (Lipinski definition) is 3. The Morgan fingerprint density at radius 1 is 1.43 bits per heavy atom. The molecule has 4 N–H and O–H groups in total. The zero-order valence-electron chi connectivity index (χ0n) is 2.94. The summed E-state index contributed by atoms with van der Waals surface area (Å²) in [6, 6.07) is 0. The van der Waals surface area contributed by atoms with Gasteiger partial charge in [-0.2, -0.15) is 0 Å². The molecule has 36 valence electrons. The second-order valence-electron chi connectivity index (χ2n) is 0.697. The van der Waals surface area contributed by atoms with E-state index in [1.807, 2.05) is 5.48 Å². The molecule has 0 aromatic heterocycles. The molecule has 7 heavy (non-hydrogen) atoms. The molecule has 0 aromatic carbocycles. The van der Waals surface area contributed by atoms with Gasteiger partial charge in [0.2, 0.25) is 0 Å². The third-order valence-electron chi connectivity index (χ3n) is 0.256. The third-order valence-corrected chi connectivity index (χ3v) is 0.256. The maximum atomic E-state index is 7.74. The molecule has 0 bridgehead atoms. The van der Waals surface area contributed by atoms with E-state index in [-0.39, 0.29) is 59.1 Å². The van der Waals surface area contributed by atoms with Crippen molar-refractivity contribution in [1.29, 1.82) is 0 Å². The molecule has 0 atom stereocenters. The van der Waals surface area contributed by atoms with Crippen LogP contribution in [0, 0.1) is 0 Å². The third kappa shape index (κ3) is 18.1. The second-order valence-corrected chi connectivity index (χ2v) is 0.697. The first-order chi connectivity index (χ1) is 2.41. The van der Waals surface area contributed by atoms with Gasteiger partial charge in [0, 0.05) is 13.1 Å². The van der Waals surface area contributed by atoms with Crippen LogP contribution in [0.4, 0.5) is 0 Å². The van der Waals surface area contributed by atoms with Crippen molar-refractivity contribution in [3.05, 3.63) is 0 Å². The molecule has 0 spiro atoms. The van der Waals surface area contributed by atoms with Gasteiger partial charge in [-0.05, 0) is 0 Å². The van der Waals surface area contributed by atoms with Gasteiger partial charge in [-0.3, -0.25) is 0 Å². The Bertz CT molecular complexity index is 21.2. The van der Waals surface area contributed by atoms with E-state index >= 15 is 0 Å². The van der Waals surface area contributed by atoms with Gasteiger partial charge in [0.1, 0.15) is 0 Å². The number of nitrogens with one attached hydrogen (secondary N) is 1. The summed E-state index contributed by atoms with van der Waals surface area (Å²) in [4.78, 5) is 0. The van der Waals surface area contributed by atoms with Crippen LogP contribution in [-0.2, 0) is 0 Å². The minimum absolute atomic E-state index is 0. The van der Waals surface area contributed by atoms with Gasteiger partial charge in [0.15, 0.2) is 0 Å². The molecular weight excluding hydrogens is 114 g/mol. The van der Waals surface area contributed by atoms with Crippen LogP contribution in [0.3, 0.4) is 0 Å². The summed E-state index contributed by atoms with van der Waals surface area (Å²) >= 11 is 0. The summed E-state index contributed by atoms with van der Waals surface area (Å²) in [7, 11) is 0. The van der Waals surface area contributed by atoms with Crippen molar-refractivity contribution in [1.82, 2.24) is 5.48 Å². The zero-order valence-corrected chi connectivity index (χ0v) is 2.94. The minimum atomic E-state index is 0. The molecule has 0 saturated carbocycles. The van der Waals surface area contributed by atoms with Crippen molar-refractivity contribution in [2.45, 2.75) is 0 Å². The normalized spacial score (nSPS) is 6.00. The SMILES string of the molecule is NCCNO.[NaH].[NaH]. The molecule has 0 aromatic rings. The molecule has 0 amide bonds. The molecule has 3 nitrogen and oxygen atoms in total. The molecule has 0 aliphatic heterocycles. The monoisotopic (exact) mass is 124 g/mol. The number of nitrogens with two attached hydrogens (primary N) is 1. The summed E-state index contributed by atoms with van der Waals surface area (Å²) in [5, 5.41) is 7.74. The van der Waals surface area contributed by atoms with Crippen molar-refractivity contribution in [3.8, 4) is 0 Å². The molecule has 0 aliphatic rings. The fourth-order valence-corrected chi connectivity index (χ4v) is 0.0645. The van der Waals surface area contributed by atoms with E-state index in [1.54, 1.807) is 0 Å². The van der Waals surface area contributed by atoms with Gasteiger partial charge in [-0.1, -0.05) is 0 Å². The van der Waals surface area contributed by atoms with Gasteiger partial charge in [0.25, 0.3) is 0 Å². The van der Waals surface area contributed by atoms with Crippen molar-refractivity contribution in [2.24, 2.45) is 5.73 Å². The van der Waals surface area contributed by atoms with Crippen molar-refractivity contribution in [2.75, 3.05) is 13.1 Å². The molecule has 5 heteroatoms. The Kier molecular flexibility index (Phi) is 35.7. The van der Waals surface area contributed by atoms with E-state index < -0.39 is 0 Å². The number of rotatable bonds is 2. The first kappa shape index (κ1) is 15.9. The van der Waals surface area contributed by atoms with Crippen LogP contribution in [0.25, 0.3) is 0 Å². The summed E-state index contributed by atoms with van der Waals surface area (Å²) < 4.78 is 0. The fourth-order valence-electron chi connectivity index (χ4n) is 0.0645. The zero-order chi connectivity index (χ0) is 4.12. The van der Waals surface area contributed by atoms with Gasteiger partial charge in [0.05, 0.1) is 0 Å². The van der Waals surface area contributed by atoms with Gasteiger partial charge in [-0.25, -0.2) is 5.48 Å².